The van der Waals surface area contributed by atoms with E-state index in [4.69, 9.17) is 9.47 Å². The molecule has 0 unspecified atom stereocenters. The number of esters is 2. The molecule has 0 heterocycles. The quantitative estimate of drug-likeness (QED) is 0.568. The van der Waals surface area contributed by atoms with Crippen molar-refractivity contribution >= 4 is 11.9 Å². The third kappa shape index (κ3) is 2.83. The zero-order valence-corrected chi connectivity index (χ0v) is 18.5. The number of rotatable bonds is 3. The molecule has 5 heteroatoms. The second-order valence-electron chi connectivity index (χ2n) is 11.0. The van der Waals surface area contributed by atoms with Gasteiger partial charge in [0.05, 0.1) is 18.1 Å². The lowest BCUT2D eigenvalue weighted by Crippen LogP contribution is -2.67. The van der Waals surface area contributed by atoms with E-state index in [0.717, 1.165) is 32.1 Å². The molecule has 4 rings (SSSR count). The van der Waals surface area contributed by atoms with E-state index in [1.807, 2.05) is 0 Å². The molecule has 0 radical (unpaired) electrons. The van der Waals surface area contributed by atoms with Gasteiger partial charge in [0.1, 0.15) is 6.10 Å². The van der Waals surface area contributed by atoms with Gasteiger partial charge in [-0.2, -0.15) is 0 Å². The van der Waals surface area contributed by atoms with E-state index in [9.17, 15) is 14.7 Å². The van der Waals surface area contributed by atoms with Crippen molar-refractivity contribution in [3.05, 3.63) is 12.2 Å². The number of hydrogen-bond donors (Lipinski definition) is 1. The third-order valence-corrected chi connectivity index (χ3v) is 9.24. The Morgan fingerprint density at radius 2 is 1.76 bits per heavy atom. The van der Waals surface area contributed by atoms with Crippen LogP contribution < -0.4 is 0 Å². The van der Waals surface area contributed by atoms with E-state index < -0.39 is 11.5 Å². The fourth-order valence-corrected chi connectivity index (χ4v) is 7.93. The average Bonchev–Trinajstić information content (AvgIpc) is 2.78. The molecule has 2 bridgehead atoms. The Balaban J connectivity index is 1.78. The summed E-state index contributed by atoms with van der Waals surface area (Å²) < 4.78 is 11.5. The lowest BCUT2D eigenvalue weighted by atomic mass is 9.39. The Kier molecular flexibility index (Phi) is 4.73. The Morgan fingerprint density at radius 1 is 1.03 bits per heavy atom. The molecule has 162 valence electrons. The number of carbonyl (C=O) groups excluding carboxylic acids is 2. The van der Waals surface area contributed by atoms with E-state index in [0.29, 0.717) is 13.0 Å². The van der Waals surface area contributed by atoms with Gasteiger partial charge in [0, 0.05) is 24.7 Å². The minimum Gasteiger partial charge on any atom is -0.465 e. The number of hydrogen-bond acceptors (Lipinski definition) is 5. The Hall–Kier alpha value is -1.36. The first-order valence-corrected chi connectivity index (χ1v) is 11.2. The first-order chi connectivity index (χ1) is 13.5. The van der Waals surface area contributed by atoms with E-state index in [1.54, 1.807) is 0 Å². The third-order valence-electron chi connectivity index (χ3n) is 9.24. The molecule has 0 aliphatic heterocycles. The van der Waals surface area contributed by atoms with Gasteiger partial charge >= 0.3 is 11.9 Å². The van der Waals surface area contributed by atoms with Gasteiger partial charge in [-0.3, -0.25) is 9.59 Å². The summed E-state index contributed by atoms with van der Waals surface area (Å²) in [6.45, 7) is 10.1. The normalized spacial score (nSPS) is 50.4. The van der Waals surface area contributed by atoms with Crippen LogP contribution in [0.2, 0.25) is 0 Å². The van der Waals surface area contributed by atoms with Gasteiger partial charge in [-0.25, -0.2) is 0 Å². The molecule has 0 aromatic heterocycles. The molecule has 1 spiro atoms. The molecule has 0 saturated heterocycles. The highest BCUT2D eigenvalue weighted by atomic mass is 16.5. The molecule has 0 amide bonds. The topological polar surface area (TPSA) is 72.8 Å². The molecule has 4 aliphatic carbocycles. The second kappa shape index (κ2) is 6.57. The Labute approximate surface area is 174 Å². The second-order valence-corrected chi connectivity index (χ2v) is 11.0. The number of ether oxygens (including phenoxy) is 2. The predicted molar refractivity (Wildman–Crippen MR) is 109 cm³/mol. The van der Waals surface area contributed by atoms with Crippen molar-refractivity contribution < 1.29 is 24.2 Å². The molecule has 8 atom stereocenters. The molecule has 29 heavy (non-hydrogen) atoms. The number of aliphatic hydroxyl groups excluding tert-OH is 1. The van der Waals surface area contributed by atoms with E-state index >= 15 is 0 Å². The van der Waals surface area contributed by atoms with Crippen LogP contribution in [0.1, 0.15) is 73.1 Å². The van der Waals surface area contributed by atoms with Crippen molar-refractivity contribution in [2.45, 2.75) is 85.4 Å². The summed E-state index contributed by atoms with van der Waals surface area (Å²) in [5.74, 6) is -0.0144. The molecular formula is C24H36O5. The first-order valence-electron chi connectivity index (χ1n) is 11.2. The van der Waals surface area contributed by atoms with Crippen molar-refractivity contribution in [1.82, 2.24) is 0 Å². The van der Waals surface area contributed by atoms with Gasteiger partial charge in [-0.15, -0.1) is 0 Å². The molecule has 3 saturated carbocycles. The first kappa shape index (κ1) is 20.9. The van der Waals surface area contributed by atoms with Crippen LogP contribution in [0.3, 0.4) is 0 Å². The highest BCUT2D eigenvalue weighted by Gasteiger charge is 2.71. The summed E-state index contributed by atoms with van der Waals surface area (Å²) in [5.41, 5.74) is -0.884. The van der Waals surface area contributed by atoms with Gasteiger partial charge in [0.2, 0.25) is 0 Å². The number of carbonyl (C=O) groups is 2. The number of aliphatic hydroxyl groups is 1. The summed E-state index contributed by atoms with van der Waals surface area (Å²) in [6.07, 6.45) is 9.38. The molecule has 1 N–H and O–H groups in total. The van der Waals surface area contributed by atoms with Crippen LogP contribution in [0.4, 0.5) is 0 Å². The van der Waals surface area contributed by atoms with Gasteiger partial charge in [-0.1, -0.05) is 39.3 Å². The molecule has 0 aromatic carbocycles. The smallest absolute Gasteiger partial charge is 0.302 e. The van der Waals surface area contributed by atoms with Crippen molar-refractivity contribution in [1.29, 1.82) is 0 Å². The zero-order chi connectivity index (χ0) is 21.2. The average molecular weight is 405 g/mol. The highest BCUT2D eigenvalue weighted by molar-refractivity contribution is 5.66. The highest BCUT2D eigenvalue weighted by Crippen LogP contribution is 2.72. The van der Waals surface area contributed by atoms with Crippen molar-refractivity contribution in [3.63, 3.8) is 0 Å². The van der Waals surface area contributed by atoms with E-state index in [2.05, 4.69) is 32.9 Å². The van der Waals surface area contributed by atoms with Crippen LogP contribution in [0.25, 0.3) is 0 Å². The van der Waals surface area contributed by atoms with Crippen LogP contribution in [0.15, 0.2) is 12.2 Å². The molecule has 3 fully saturated rings. The molecule has 0 aromatic rings. The van der Waals surface area contributed by atoms with E-state index in [-0.39, 0.29) is 46.1 Å². The van der Waals surface area contributed by atoms with Crippen molar-refractivity contribution in [3.8, 4) is 0 Å². The fraction of sp³-hybridized carbons (Fsp3) is 0.833. The largest absolute Gasteiger partial charge is 0.465 e. The lowest BCUT2D eigenvalue weighted by Gasteiger charge is -2.67. The summed E-state index contributed by atoms with van der Waals surface area (Å²) in [6, 6.07) is 0. The summed E-state index contributed by atoms with van der Waals surface area (Å²) >= 11 is 0. The monoisotopic (exact) mass is 404 g/mol. The van der Waals surface area contributed by atoms with Gasteiger partial charge in [0.15, 0.2) is 0 Å². The van der Waals surface area contributed by atoms with Crippen molar-refractivity contribution in [2.75, 3.05) is 6.61 Å². The minimum absolute atomic E-state index is 0.0147. The van der Waals surface area contributed by atoms with Crippen LogP contribution in [0.5, 0.6) is 0 Å². The van der Waals surface area contributed by atoms with Crippen LogP contribution >= 0.6 is 0 Å². The maximum atomic E-state index is 12.1. The van der Waals surface area contributed by atoms with E-state index in [1.165, 1.54) is 13.8 Å². The Morgan fingerprint density at radius 3 is 2.41 bits per heavy atom. The van der Waals surface area contributed by atoms with Crippen molar-refractivity contribution in [2.24, 2.45) is 33.5 Å². The lowest BCUT2D eigenvalue weighted by molar-refractivity contribution is -0.242. The SMILES string of the molecule is CC(=O)OC[C@@]1(C)CCC[C@]2(C)[C@@H]1C[C@H](OC(C)=O)[C@@]13C=C[C@@](C)(CC[C@@H]21)[C@H]3O. The van der Waals surface area contributed by atoms with Crippen LogP contribution in [0, 0.1) is 33.5 Å². The van der Waals surface area contributed by atoms with Gasteiger partial charge < -0.3 is 14.6 Å². The van der Waals surface area contributed by atoms with Crippen LogP contribution in [-0.2, 0) is 19.1 Å². The predicted octanol–water partition coefficient (Wildman–Crippen LogP) is 4.03. The maximum absolute atomic E-state index is 12.1. The van der Waals surface area contributed by atoms with Crippen LogP contribution in [-0.4, -0.2) is 35.9 Å². The van der Waals surface area contributed by atoms with Gasteiger partial charge in [0.25, 0.3) is 0 Å². The number of fused-ring (bicyclic) bond motifs is 3. The molecular weight excluding hydrogens is 368 g/mol. The maximum Gasteiger partial charge on any atom is 0.302 e. The standard InChI is InChI=1S/C24H36O5/c1-15(25)28-14-22(4)8-6-9-23(5)17-7-10-21(3)11-12-24(17,20(21)27)19(13-18(22)23)29-16(2)26/h11-12,17-20,27H,6-10,13-14H2,1-5H3/t17-,18+,19-,20+,21+,22+,23-,24+/m0/s1. The molecule has 4 aliphatic rings. The zero-order valence-electron chi connectivity index (χ0n) is 18.5. The Bertz CT molecular complexity index is 746. The van der Waals surface area contributed by atoms with Gasteiger partial charge in [-0.05, 0) is 49.4 Å². The minimum atomic E-state index is -0.530. The summed E-state index contributed by atoms with van der Waals surface area (Å²) in [5, 5.41) is 11.5. The molecule has 5 nitrogen and oxygen atoms in total. The summed E-state index contributed by atoms with van der Waals surface area (Å²) in [7, 11) is 0. The fourth-order valence-electron chi connectivity index (χ4n) is 7.93. The summed E-state index contributed by atoms with van der Waals surface area (Å²) in [4.78, 5) is 23.6.